The lowest BCUT2D eigenvalue weighted by Crippen LogP contribution is -2.04. The van der Waals surface area contributed by atoms with Gasteiger partial charge in [0.2, 0.25) is 5.78 Å². The van der Waals surface area contributed by atoms with Crippen molar-refractivity contribution in [2.24, 2.45) is 0 Å². The maximum absolute atomic E-state index is 12.4. The highest BCUT2D eigenvalue weighted by Crippen LogP contribution is 2.29. The highest BCUT2D eigenvalue weighted by molar-refractivity contribution is 6.09. The largest absolute Gasteiger partial charge is 0.497 e. The number of aryl methyl sites for hydroxylation is 1. The topological polar surface area (TPSA) is 65.2 Å². The quantitative estimate of drug-likeness (QED) is 0.683. The molecule has 0 saturated heterocycles. The summed E-state index contributed by atoms with van der Waals surface area (Å²) in [6.07, 6.45) is 4.43. The molecule has 0 unspecified atom stereocenters. The van der Waals surface area contributed by atoms with E-state index in [4.69, 9.17) is 9.15 Å². The number of methoxy groups -OCH3 is 1. The number of hydrogen-bond acceptors (Lipinski definition) is 5. The Hall–Kier alpha value is -2.69. The number of hydrogen-bond donors (Lipinski definition) is 0. The summed E-state index contributed by atoms with van der Waals surface area (Å²) in [5.74, 6) is 0.736. The van der Waals surface area contributed by atoms with Crippen LogP contribution in [0.1, 0.15) is 21.8 Å². The lowest BCUT2D eigenvalue weighted by molar-refractivity contribution is 0.100. The summed E-state index contributed by atoms with van der Waals surface area (Å²) in [5, 5.41) is 0.858. The molecule has 2 heterocycles. The van der Waals surface area contributed by atoms with Gasteiger partial charge < -0.3 is 9.15 Å². The molecule has 0 aliphatic carbocycles. The SMILES string of the molecule is COc1ccc2oc(C(=O)c3cnccn3)c(C)c2c1. The lowest BCUT2D eigenvalue weighted by Gasteiger charge is -1.98. The summed E-state index contributed by atoms with van der Waals surface area (Å²) < 4.78 is 10.8. The van der Waals surface area contributed by atoms with E-state index < -0.39 is 0 Å². The van der Waals surface area contributed by atoms with Crippen molar-refractivity contribution < 1.29 is 13.9 Å². The molecule has 100 valence electrons. The minimum atomic E-state index is -0.272. The van der Waals surface area contributed by atoms with Crippen molar-refractivity contribution in [3.05, 3.63) is 53.8 Å². The predicted molar refractivity (Wildman–Crippen MR) is 73.0 cm³/mol. The molecule has 0 aliphatic rings. The molecule has 20 heavy (non-hydrogen) atoms. The number of ether oxygens (including phenoxy) is 1. The molecular formula is C15H12N2O3. The van der Waals surface area contributed by atoms with E-state index in [0.717, 1.165) is 16.7 Å². The third-order valence-corrected chi connectivity index (χ3v) is 3.15. The van der Waals surface area contributed by atoms with Gasteiger partial charge in [-0.2, -0.15) is 0 Å². The van der Waals surface area contributed by atoms with E-state index in [2.05, 4.69) is 9.97 Å². The molecule has 0 bridgehead atoms. The fourth-order valence-corrected chi connectivity index (χ4v) is 2.08. The van der Waals surface area contributed by atoms with E-state index in [1.807, 2.05) is 13.0 Å². The van der Waals surface area contributed by atoms with Gasteiger partial charge in [-0.15, -0.1) is 0 Å². The number of nitrogens with zero attached hydrogens (tertiary/aromatic N) is 2. The molecule has 3 aromatic rings. The first-order valence-electron chi connectivity index (χ1n) is 6.08. The summed E-state index contributed by atoms with van der Waals surface area (Å²) in [4.78, 5) is 20.3. The summed E-state index contributed by atoms with van der Waals surface area (Å²) in [6, 6.07) is 5.43. The first kappa shape index (κ1) is 12.3. The van der Waals surface area contributed by atoms with Gasteiger partial charge in [0.05, 0.1) is 13.3 Å². The number of aromatic nitrogens is 2. The number of fused-ring (bicyclic) bond motifs is 1. The Balaban J connectivity index is 2.13. The van der Waals surface area contributed by atoms with Crippen LogP contribution in [0.5, 0.6) is 5.75 Å². The molecule has 0 amide bonds. The zero-order chi connectivity index (χ0) is 14.1. The molecule has 2 aromatic heterocycles. The van der Waals surface area contributed by atoms with Gasteiger partial charge in [-0.25, -0.2) is 4.98 Å². The van der Waals surface area contributed by atoms with Crippen LogP contribution >= 0.6 is 0 Å². The molecule has 1 aromatic carbocycles. The predicted octanol–water partition coefficient (Wildman–Crippen LogP) is 2.77. The summed E-state index contributed by atoms with van der Waals surface area (Å²) in [7, 11) is 1.60. The Labute approximate surface area is 115 Å². The van der Waals surface area contributed by atoms with Crippen LogP contribution in [0.25, 0.3) is 11.0 Å². The van der Waals surface area contributed by atoms with Gasteiger partial charge in [0.25, 0.3) is 0 Å². The average molecular weight is 268 g/mol. The number of rotatable bonds is 3. The van der Waals surface area contributed by atoms with Crippen LogP contribution in [-0.4, -0.2) is 22.9 Å². The van der Waals surface area contributed by atoms with Crippen LogP contribution in [0.3, 0.4) is 0 Å². The molecule has 0 spiro atoms. The Morgan fingerprint density at radius 3 is 2.85 bits per heavy atom. The van der Waals surface area contributed by atoms with Crippen LogP contribution in [0.4, 0.5) is 0 Å². The van der Waals surface area contributed by atoms with E-state index >= 15 is 0 Å². The fourth-order valence-electron chi connectivity index (χ4n) is 2.08. The normalized spacial score (nSPS) is 10.7. The highest BCUT2D eigenvalue weighted by atomic mass is 16.5. The second kappa shape index (κ2) is 4.77. The van der Waals surface area contributed by atoms with Crippen LogP contribution in [-0.2, 0) is 0 Å². The highest BCUT2D eigenvalue weighted by Gasteiger charge is 2.20. The number of benzene rings is 1. The molecule has 0 atom stereocenters. The van der Waals surface area contributed by atoms with Gasteiger partial charge in [0.15, 0.2) is 5.76 Å². The third kappa shape index (κ3) is 1.93. The van der Waals surface area contributed by atoms with Crippen molar-refractivity contribution in [3.63, 3.8) is 0 Å². The monoisotopic (exact) mass is 268 g/mol. The minimum Gasteiger partial charge on any atom is -0.497 e. The summed E-state index contributed by atoms with van der Waals surface area (Å²) >= 11 is 0. The number of carbonyl (C=O) groups excluding carboxylic acids is 1. The lowest BCUT2D eigenvalue weighted by atomic mass is 10.1. The van der Waals surface area contributed by atoms with Crippen LogP contribution in [0.2, 0.25) is 0 Å². The summed E-state index contributed by atoms with van der Waals surface area (Å²) in [6.45, 7) is 1.84. The Kier molecular flexibility index (Phi) is 2.95. The van der Waals surface area contributed by atoms with Crippen molar-refractivity contribution >= 4 is 16.8 Å². The van der Waals surface area contributed by atoms with Crippen molar-refractivity contribution in [1.29, 1.82) is 0 Å². The Bertz CT molecular complexity index is 778. The van der Waals surface area contributed by atoms with Gasteiger partial charge >= 0.3 is 0 Å². The van der Waals surface area contributed by atoms with Crippen LogP contribution in [0, 0.1) is 6.92 Å². The fraction of sp³-hybridized carbons (Fsp3) is 0.133. The van der Waals surface area contributed by atoms with Crippen LogP contribution in [0.15, 0.2) is 41.2 Å². The standard InChI is InChI=1S/C15H12N2O3/c1-9-11-7-10(19-2)3-4-13(11)20-15(9)14(18)12-8-16-5-6-17-12/h3-8H,1-2H3. The molecule has 5 heteroatoms. The van der Waals surface area contributed by atoms with Crippen molar-refractivity contribution in [2.75, 3.05) is 7.11 Å². The van der Waals surface area contributed by atoms with Crippen LogP contribution < -0.4 is 4.74 Å². The maximum Gasteiger partial charge on any atom is 0.248 e. The second-order valence-corrected chi connectivity index (χ2v) is 4.34. The van der Waals surface area contributed by atoms with Gasteiger partial charge in [0, 0.05) is 23.3 Å². The van der Waals surface area contributed by atoms with Gasteiger partial charge in [0.1, 0.15) is 17.0 Å². The number of ketones is 1. The average Bonchev–Trinajstić information content (AvgIpc) is 2.84. The first-order valence-corrected chi connectivity index (χ1v) is 6.08. The molecule has 0 N–H and O–H groups in total. The zero-order valence-corrected chi connectivity index (χ0v) is 11.1. The van der Waals surface area contributed by atoms with Gasteiger partial charge in [-0.1, -0.05) is 0 Å². The second-order valence-electron chi connectivity index (χ2n) is 4.34. The molecular weight excluding hydrogens is 256 g/mol. The smallest absolute Gasteiger partial charge is 0.248 e. The Morgan fingerprint density at radius 1 is 1.30 bits per heavy atom. The van der Waals surface area contributed by atoms with E-state index in [1.165, 1.54) is 18.6 Å². The Morgan fingerprint density at radius 2 is 2.15 bits per heavy atom. The summed E-state index contributed by atoms with van der Waals surface area (Å²) in [5.41, 5.74) is 1.69. The zero-order valence-electron chi connectivity index (χ0n) is 11.1. The molecule has 3 rings (SSSR count). The number of furan rings is 1. The molecule has 5 nitrogen and oxygen atoms in total. The molecule has 0 fully saturated rings. The van der Waals surface area contributed by atoms with Crippen molar-refractivity contribution in [3.8, 4) is 5.75 Å². The van der Waals surface area contributed by atoms with E-state index in [-0.39, 0.29) is 17.2 Å². The van der Waals surface area contributed by atoms with Gasteiger partial charge in [-0.3, -0.25) is 9.78 Å². The third-order valence-electron chi connectivity index (χ3n) is 3.15. The van der Waals surface area contributed by atoms with Crippen molar-refractivity contribution in [1.82, 2.24) is 9.97 Å². The molecule has 0 aliphatic heterocycles. The molecule has 0 saturated carbocycles. The van der Waals surface area contributed by atoms with E-state index in [1.54, 1.807) is 19.2 Å². The van der Waals surface area contributed by atoms with Crippen molar-refractivity contribution in [2.45, 2.75) is 6.92 Å². The minimum absolute atomic E-state index is 0.265. The number of carbonyl (C=O) groups is 1. The first-order chi connectivity index (χ1) is 9.70. The molecule has 0 radical (unpaired) electrons. The van der Waals surface area contributed by atoms with Gasteiger partial charge in [-0.05, 0) is 25.1 Å². The van der Waals surface area contributed by atoms with E-state index in [0.29, 0.717) is 5.58 Å². The maximum atomic E-state index is 12.4. The van der Waals surface area contributed by atoms with E-state index in [9.17, 15) is 4.79 Å².